The van der Waals surface area contributed by atoms with Crippen LogP contribution in [0.5, 0.6) is 0 Å². The van der Waals surface area contributed by atoms with Crippen molar-refractivity contribution in [1.82, 2.24) is 0 Å². The fourth-order valence-corrected chi connectivity index (χ4v) is 2.23. The van der Waals surface area contributed by atoms with E-state index in [2.05, 4.69) is 9.98 Å². The van der Waals surface area contributed by atoms with E-state index in [0.29, 0.717) is 22.8 Å². The predicted octanol–water partition coefficient (Wildman–Crippen LogP) is 3.46. The van der Waals surface area contributed by atoms with Crippen LogP contribution >= 0.6 is 0 Å². The quantitative estimate of drug-likeness (QED) is 0.850. The lowest BCUT2D eigenvalue weighted by Crippen LogP contribution is -2.32. The summed E-state index contributed by atoms with van der Waals surface area (Å²) in [6.45, 7) is 0. The second kappa shape index (κ2) is 6.26. The van der Waals surface area contributed by atoms with Crippen LogP contribution in [0.4, 0.5) is 11.4 Å². The van der Waals surface area contributed by atoms with Gasteiger partial charge in [-0.3, -0.25) is 9.59 Å². The Morgan fingerprint density at radius 2 is 0.955 bits per heavy atom. The minimum absolute atomic E-state index is 0.0133. The van der Waals surface area contributed by atoms with Gasteiger partial charge in [-0.1, -0.05) is 36.4 Å². The van der Waals surface area contributed by atoms with Gasteiger partial charge in [0.05, 0.1) is 35.6 Å². The maximum atomic E-state index is 12.2. The Bertz CT molecular complexity index is 695. The maximum absolute atomic E-state index is 12.2. The number of benzene rings is 2. The number of carbonyl (C=O) groups is 2. The molecule has 22 heavy (non-hydrogen) atoms. The summed E-state index contributed by atoms with van der Waals surface area (Å²) in [4.78, 5) is 32.9. The summed E-state index contributed by atoms with van der Waals surface area (Å²) in [7, 11) is 0. The van der Waals surface area contributed by atoms with Crippen molar-refractivity contribution in [3.8, 4) is 0 Å². The van der Waals surface area contributed by atoms with Crippen molar-refractivity contribution in [2.75, 3.05) is 0 Å². The van der Waals surface area contributed by atoms with Crippen LogP contribution in [0, 0.1) is 0 Å². The molecule has 0 amide bonds. The van der Waals surface area contributed by atoms with E-state index in [0.717, 1.165) is 0 Å². The van der Waals surface area contributed by atoms with Crippen molar-refractivity contribution in [2.24, 2.45) is 9.98 Å². The van der Waals surface area contributed by atoms with Gasteiger partial charge in [-0.2, -0.15) is 0 Å². The second-order valence-corrected chi connectivity index (χ2v) is 4.99. The zero-order valence-corrected chi connectivity index (χ0v) is 11.9. The summed E-state index contributed by atoms with van der Waals surface area (Å²) in [6, 6.07) is 18.3. The lowest BCUT2D eigenvalue weighted by molar-refractivity contribution is -0.116. The first-order chi connectivity index (χ1) is 10.7. The second-order valence-electron chi connectivity index (χ2n) is 4.99. The molecule has 0 aromatic heterocycles. The molecule has 0 radical (unpaired) electrons. The molecule has 4 nitrogen and oxygen atoms in total. The first kappa shape index (κ1) is 14.1. The summed E-state index contributed by atoms with van der Waals surface area (Å²) in [6.07, 6.45) is 0.0266. The number of carbonyl (C=O) groups excluding carboxylic acids is 2. The van der Waals surface area contributed by atoms with Gasteiger partial charge >= 0.3 is 0 Å². The Hall–Kier alpha value is -2.88. The molecule has 0 N–H and O–H groups in total. The molecular weight excluding hydrogens is 276 g/mol. The number of ketones is 2. The van der Waals surface area contributed by atoms with Gasteiger partial charge in [0.1, 0.15) is 0 Å². The van der Waals surface area contributed by atoms with Crippen LogP contribution < -0.4 is 0 Å². The summed E-state index contributed by atoms with van der Waals surface area (Å²) in [5.41, 5.74) is 1.98. The Morgan fingerprint density at radius 1 is 0.591 bits per heavy atom. The van der Waals surface area contributed by atoms with Gasteiger partial charge in [-0.05, 0) is 24.3 Å². The summed E-state index contributed by atoms with van der Waals surface area (Å²) in [5.74, 6) is -0.281. The molecule has 0 saturated heterocycles. The average molecular weight is 290 g/mol. The highest BCUT2D eigenvalue weighted by molar-refractivity contribution is 6.61. The lowest BCUT2D eigenvalue weighted by Gasteiger charge is -2.13. The minimum atomic E-state index is -0.141. The number of para-hydroxylation sites is 2. The zero-order chi connectivity index (χ0) is 15.4. The van der Waals surface area contributed by atoms with Gasteiger partial charge in [0.15, 0.2) is 11.6 Å². The van der Waals surface area contributed by atoms with E-state index < -0.39 is 0 Å². The summed E-state index contributed by atoms with van der Waals surface area (Å²) >= 11 is 0. The van der Waals surface area contributed by atoms with Gasteiger partial charge in [0, 0.05) is 0 Å². The van der Waals surface area contributed by atoms with E-state index >= 15 is 0 Å². The largest absolute Gasteiger partial charge is 0.292 e. The molecule has 4 heteroatoms. The molecule has 1 saturated carbocycles. The van der Waals surface area contributed by atoms with Gasteiger partial charge < -0.3 is 0 Å². The third-order valence-corrected chi connectivity index (χ3v) is 3.34. The molecule has 0 aliphatic heterocycles. The van der Waals surface area contributed by atoms with E-state index in [4.69, 9.17) is 0 Å². The van der Waals surface area contributed by atoms with Crippen LogP contribution in [-0.4, -0.2) is 23.0 Å². The normalized spacial score (nSPS) is 18.9. The van der Waals surface area contributed by atoms with Gasteiger partial charge in [0.2, 0.25) is 0 Å². The molecule has 2 aromatic carbocycles. The van der Waals surface area contributed by atoms with Gasteiger partial charge in [0.25, 0.3) is 0 Å². The molecule has 0 heterocycles. The minimum Gasteiger partial charge on any atom is -0.292 e. The molecule has 0 atom stereocenters. The highest BCUT2D eigenvalue weighted by atomic mass is 16.1. The zero-order valence-electron chi connectivity index (χ0n) is 11.9. The number of nitrogens with zero attached hydrogens (tertiary/aromatic N) is 2. The molecule has 2 aromatic rings. The van der Waals surface area contributed by atoms with Crippen molar-refractivity contribution in [3.05, 3.63) is 60.7 Å². The fraction of sp³-hybridized carbons (Fsp3) is 0.111. The van der Waals surface area contributed by atoms with Crippen LogP contribution in [0.25, 0.3) is 0 Å². The van der Waals surface area contributed by atoms with Crippen LogP contribution in [0.3, 0.4) is 0 Å². The van der Waals surface area contributed by atoms with E-state index in [1.54, 1.807) is 24.3 Å². The van der Waals surface area contributed by atoms with Crippen LogP contribution in [0.2, 0.25) is 0 Å². The Kier molecular flexibility index (Phi) is 4.01. The van der Waals surface area contributed by atoms with Crippen molar-refractivity contribution in [3.63, 3.8) is 0 Å². The van der Waals surface area contributed by atoms with Crippen molar-refractivity contribution >= 4 is 34.4 Å². The molecule has 3 rings (SSSR count). The number of Topliss-reactive ketones (excluding diaryl/α,β-unsaturated/α-hetero) is 2. The van der Waals surface area contributed by atoms with Crippen molar-refractivity contribution in [2.45, 2.75) is 12.8 Å². The summed E-state index contributed by atoms with van der Waals surface area (Å²) in [5, 5.41) is 0. The molecule has 1 aliphatic rings. The molecule has 0 spiro atoms. The van der Waals surface area contributed by atoms with E-state index in [1.807, 2.05) is 36.4 Å². The Morgan fingerprint density at radius 3 is 1.32 bits per heavy atom. The number of hydrogen-bond acceptors (Lipinski definition) is 4. The molecule has 0 unspecified atom stereocenters. The summed E-state index contributed by atoms with van der Waals surface area (Å²) < 4.78 is 0. The highest BCUT2D eigenvalue weighted by Crippen LogP contribution is 2.18. The van der Waals surface area contributed by atoms with E-state index in [-0.39, 0.29) is 24.4 Å². The van der Waals surface area contributed by atoms with Crippen LogP contribution in [0.1, 0.15) is 12.8 Å². The number of rotatable bonds is 2. The average Bonchev–Trinajstić information content (AvgIpc) is 2.54. The first-order valence-electron chi connectivity index (χ1n) is 7.04. The highest BCUT2D eigenvalue weighted by Gasteiger charge is 2.28. The van der Waals surface area contributed by atoms with Gasteiger partial charge in [-0.25, -0.2) is 9.98 Å². The Labute approximate surface area is 128 Å². The molecule has 108 valence electrons. The first-order valence-corrected chi connectivity index (χ1v) is 7.04. The van der Waals surface area contributed by atoms with E-state index in [9.17, 15) is 9.59 Å². The molecular formula is C18H14N2O2. The smallest absolute Gasteiger partial charge is 0.183 e. The van der Waals surface area contributed by atoms with E-state index in [1.165, 1.54) is 0 Å². The predicted molar refractivity (Wildman–Crippen MR) is 86.3 cm³/mol. The van der Waals surface area contributed by atoms with Crippen LogP contribution in [-0.2, 0) is 9.59 Å². The SMILES string of the molecule is O=C1CC(=Nc2ccccc2)C(=O)CC1=Nc1ccccc1. The number of hydrogen-bond donors (Lipinski definition) is 0. The topological polar surface area (TPSA) is 58.9 Å². The number of aliphatic imine (C=N–C) groups is 2. The van der Waals surface area contributed by atoms with Gasteiger partial charge in [-0.15, -0.1) is 0 Å². The Balaban J connectivity index is 1.83. The third-order valence-electron chi connectivity index (χ3n) is 3.34. The van der Waals surface area contributed by atoms with Crippen molar-refractivity contribution in [1.29, 1.82) is 0 Å². The monoisotopic (exact) mass is 290 g/mol. The molecule has 1 fully saturated rings. The maximum Gasteiger partial charge on any atom is 0.183 e. The lowest BCUT2D eigenvalue weighted by atomic mass is 9.93. The molecule has 1 aliphatic carbocycles. The van der Waals surface area contributed by atoms with Crippen molar-refractivity contribution < 1.29 is 9.59 Å². The third kappa shape index (κ3) is 3.23. The fourth-order valence-electron chi connectivity index (χ4n) is 2.23. The van der Waals surface area contributed by atoms with Crippen LogP contribution in [0.15, 0.2) is 70.6 Å². The standard InChI is InChI=1S/C18H14N2O2/c21-17-12-16(20-14-9-5-2-6-10-14)18(22)11-15(17)19-13-7-3-1-4-8-13/h1-10H,11-12H2. The molecule has 0 bridgehead atoms.